The molecule has 4 rings (SSSR count). The molecule has 4 nitrogen and oxygen atoms in total. The van der Waals surface area contributed by atoms with Gasteiger partial charge in [-0.2, -0.15) is 0 Å². The molecular formula is C20H16N2O2S. The largest absolute Gasteiger partial charge is 0.341 e. The summed E-state index contributed by atoms with van der Waals surface area (Å²) in [6.07, 6.45) is 0.684. The predicted molar refractivity (Wildman–Crippen MR) is 101 cm³/mol. The molecule has 2 heterocycles. The van der Waals surface area contributed by atoms with Gasteiger partial charge in [-0.3, -0.25) is 9.59 Å². The third kappa shape index (κ3) is 3.15. The van der Waals surface area contributed by atoms with Gasteiger partial charge in [0.1, 0.15) is 0 Å². The molecule has 0 unspecified atom stereocenters. The molecule has 1 atom stereocenters. The lowest BCUT2D eigenvalue weighted by Crippen LogP contribution is -2.37. The molecule has 2 aromatic carbocycles. The number of nitrogens with zero attached hydrogens (tertiary/aromatic N) is 1. The molecular weight excluding hydrogens is 332 g/mol. The molecule has 1 N–H and O–H groups in total. The molecule has 1 fully saturated rings. The summed E-state index contributed by atoms with van der Waals surface area (Å²) in [5.41, 5.74) is 3.02. The molecule has 0 bridgehead atoms. The summed E-state index contributed by atoms with van der Waals surface area (Å²) in [5.74, 6) is 0.535. The van der Waals surface area contributed by atoms with Crippen molar-refractivity contribution in [2.24, 2.45) is 0 Å². The normalized spacial score (nSPS) is 17.0. The van der Waals surface area contributed by atoms with E-state index in [4.69, 9.17) is 0 Å². The number of pyridine rings is 1. The van der Waals surface area contributed by atoms with Gasteiger partial charge in [-0.15, -0.1) is 0 Å². The van der Waals surface area contributed by atoms with Gasteiger partial charge >= 0.3 is 0 Å². The summed E-state index contributed by atoms with van der Waals surface area (Å²) < 4.78 is 0. The first-order valence-electron chi connectivity index (χ1n) is 8.15. The average Bonchev–Trinajstić information content (AvgIpc) is 3.06. The Balaban J connectivity index is 1.78. The SMILES string of the molecule is O=C(N[C@@H]1CCSC1=O)c1cc(-c2ccccc2)nc2ccccc12. The Bertz CT molecular complexity index is 956. The molecule has 25 heavy (non-hydrogen) atoms. The van der Waals surface area contributed by atoms with Crippen molar-refractivity contribution in [3.05, 3.63) is 66.2 Å². The summed E-state index contributed by atoms with van der Waals surface area (Å²) in [7, 11) is 0. The van der Waals surface area contributed by atoms with Gasteiger partial charge in [0, 0.05) is 16.7 Å². The Morgan fingerprint density at radius 1 is 1.08 bits per heavy atom. The molecule has 0 spiro atoms. The third-order valence-corrected chi connectivity index (χ3v) is 5.28. The maximum Gasteiger partial charge on any atom is 0.252 e. The van der Waals surface area contributed by atoms with E-state index in [1.807, 2.05) is 54.6 Å². The quantitative estimate of drug-likeness (QED) is 0.785. The van der Waals surface area contributed by atoms with Crippen molar-refractivity contribution in [3.63, 3.8) is 0 Å². The van der Waals surface area contributed by atoms with E-state index in [-0.39, 0.29) is 11.0 Å². The first kappa shape index (κ1) is 15.8. The van der Waals surface area contributed by atoms with Gasteiger partial charge < -0.3 is 5.32 Å². The van der Waals surface area contributed by atoms with Gasteiger partial charge in [-0.25, -0.2) is 4.98 Å². The van der Waals surface area contributed by atoms with E-state index in [0.717, 1.165) is 27.9 Å². The van der Waals surface area contributed by atoms with E-state index in [1.54, 1.807) is 6.07 Å². The second-order valence-corrected chi connectivity index (χ2v) is 7.02. The smallest absolute Gasteiger partial charge is 0.252 e. The number of rotatable bonds is 3. The van der Waals surface area contributed by atoms with Crippen LogP contribution in [-0.2, 0) is 4.79 Å². The highest BCUT2D eigenvalue weighted by molar-refractivity contribution is 8.14. The minimum absolute atomic E-state index is 0.0370. The highest BCUT2D eigenvalue weighted by Gasteiger charge is 2.27. The van der Waals surface area contributed by atoms with E-state index < -0.39 is 6.04 Å². The highest BCUT2D eigenvalue weighted by Crippen LogP contribution is 2.26. The van der Waals surface area contributed by atoms with E-state index in [1.165, 1.54) is 11.8 Å². The zero-order valence-electron chi connectivity index (χ0n) is 13.4. The Hall–Kier alpha value is -2.66. The van der Waals surface area contributed by atoms with Crippen LogP contribution in [-0.4, -0.2) is 27.8 Å². The van der Waals surface area contributed by atoms with Crippen molar-refractivity contribution in [3.8, 4) is 11.3 Å². The number of carbonyl (C=O) groups excluding carboxylic acids is 2. The molecule has 0 saturated carbocycles. The lowest BCUT2D eigenvalue weighted by molar-refractivity contribution is -0.112. The molecule has 0 aliphatic carbocycles. The first-order chi connectivity index (χ1) is 12.2. The van der Waals surface area contributed by atoms with Gasteiger partial charge in [0.2, 0.25) is 5.12 Å². The highest BCUT2D eigenvalue weighted by atomic mass is 32.2. The Morgan fingerprint density at radius 2 is 1.84 bits per heavy atom. The molecule has 124 valence electrons. The van der Waals surface area contributed by atoms with E-state index in [9.17, 15) is 9.59 Å². The maximum atomic E-state index is 12.8. The van der Waals surface area contributed by atoms with Crippen molar-refractivity contribution in [1.82, 2.24) is 10.3 Å². The molecule has 1 amide bonds. The number of fused-ring (bicyclic) bond motifs is 1. The molecule has 5 heteroatoms. The summed E-state index contributed by atoms with van der Waals surface area (Å²) in [4.78, 5) is 29.4. The third-order valence-electron chi connectivity index (χ3n) is 4.27. The molecule has 1 aliphatic rings. The number of thioether (sulfide) groups is 1. The van der Waals surface area contributed by atoms with Crippen molar-refractivity contribution in [2.75, 3.05) is 5.75 Å². The zero-order chi connectivity index (χ0) is 17.2. The van der Waals surface area contributed by atoms with Crippen LogP contribution in [0.5, 0.6) is 0 Å². The second-order valence-electron chi connectivity index (χ2n) is 5.92. The molecule has 1 saturated heterocycles. The molecule has 0 radical (unpaired) electrons. The van der Waals surface area contributed by atoms with Gasteiger partial charge in [-0.05, 0) is 18.6 Å². The lowest BCUT2D eigenvalue weighted by atomic mass is 10.0. The summed E-state index contributed by atoms with van der Waals surface area (Å²) >= 11 is 1.28. The van der Waals surface area contributed by atoms with Crippen molar-refractivity contribution >= 4 is 33.7 Å². The number of hydrogen-bond acceptors (Lipinski definition) is 4. The minimum Gasteiger partial charge on any atom is -0.341 e. The summed E-state index contributed by atoms with van der Waals surface area (Å²) in [6, 6.07) is 18.8. The zero-order valence-corrected chi connectivity index (χ0v) is 14.3. The lowest BCUT2D eigenvalue weighted by Gasteiger charge is -2.13. The van der Waals surface area contributed by atoms with E-state index in [2.05, 4.69) is 10.3 Å². The summed E-state index contributed by atoms with van der Waals surface area (Å²) in [5, 5.41) is 3.71. The van der Waals surface area contributed by atoms with Gasteiger partial charge in [0.15, 0.2) is 0 Å². The van der Waals surface area contributed by atoms with Crippen LogP contribution in [0.3, 0.4) is 0 Å². The van der Waals surface area contributed by atoms with Crippen LogP contribution in [0.1, 0.15) is 16.8 Å². The van der Waals surface area contributed by atoms with Crippen LogP contribution in [0.2, 0.25) is 0 Å². The topological polar surface area (TPSA) is 59.1 Å². The fourth-order valence-corrected chi connectivity index (χ4v) is 3.92. The molecule has 1 aliphatic heterocycles. The van der Waals surface area contributed by atoms with Crippen LogP contribution in [0.4, 0.5) is 0 Å². The minimum atomic E-state index is -0.399. The van der Waals surface area contributed by atoms with Crippen LogP contribution in [0.25, 0.3) is 22.2 Å². The first-order valence-corrected chi connectivity index (χ1v) is 9.13. The number of nitrogens with one attached hydrogen (secondary N) is 1. The van der Waals surface area contributed by atoms with Crippen molar-refractivity contribution in [1.29, 1.82) is 0 Å². The van der Waals surface area contributed by atoms with Gasteiger partial charge in [0.05, 0.1) is 22.8 Å². The second kappa shape index (κ2) is 6.69. The van der Waals surface area contributed by atoms with Crippen LogP contribution >= 0.6 is 11.8 Å². The van der Waals surface area contributed by atoms with E-state index in [0.29, 0.717) is 12.0 Å². The fraction of sp³-hybridized carbons (Fsp3) is 0.150. The number of carbonyl (C=O) groups is 2. The average molecular weight is 348 g/mol. The predicted octanol–water partition coefficient (Wildman–Crippen LogP) is 3.66. The fourth-order valence-electron chi connectivity index (χ4n) is 2.98. The maximum absolute atomic E-state index is 12.8. The number of hydrogen-bond donors (Lipinski definition) is 1. The molecule has 1 aromatic heterocycles. The van der Waals surface area contributed by atoms with Crippen molar-refractivity contribution in [2.45, 2.75) is 12.5 Å². The van der Waals surface area contributed by atoms with Crippen molar-refractivity contribution < 1.29 is 9.59 Å². The number of amides is 1. The monoisotopic (exact) mass is 348 g/mol. The standard InChI is InChI=1S/C20H16N2O2S/c23-19(22-17-10-11-25-20(17)24)15-12-18(13-6-2-1-3-7-13)21-16-9-5-4-8-14(15)16/h1-9,12,17H,10-11H2,(H,22,23)/t17-/m1/s1. The van der Waals surface area contributed by atoms with Crippen LogP contribution < -0.4 is 5.32 Å². The van der Waals surface area contributed by atoms with Gasteiger partial charge in [0.25, 0.3) is 5.91 Å². The van der Waals surface area contributed by atoms with Crippen LogP contribution in [0, 0.1) is 0 Å². The Morgan fingerprint density at radius 3 is 2.60 bits per heavy atom. The Labute approximate surface area is 149 Å². The number of aromatic nitrogens is 1. The number of benzene rings is 2. The van der Waals surface area contributed by atoms with E-state index >= 15 is 0 Å². The van der Waals surface area contributed by atoms with Gasteiger partial charge in [-0.1, -0.05) is 60.3 Å². The molecule has 3 aromatic rings. The summed E-state index contributed by atoms with van der Waals surface area (Å²) in [6.45, 7) is 0. The Kier molecular flexibility index (Phi) is 4.24. The van der Waals surface area contributed by atoms with Crippen LogP contribution in [0.15, 0.2) is 60.7 Å². The number of para-hydroxylation sites is 1.